The van der Waals surface area contributed by atoms with Crippen molar-refractivity contribution >= 4 is 23.2 Å². The first kappa shape index (κ1) is 21.6. The monoisotopic (exact) mass is 438 g/mol. The predicted molar refractivity (Wildman–Crippen MR) is 123 cm³/mol. The largest absolute Gasteiger partial charge is 0.491 e. The van der Waals surface area contributed by atoms with Crippen molar-refractivity contribution < 1.29 is 14.3 Å². The van der Waals surface area contributed by atoms with E-state index in [1.165, 1.54) is 4.88 Å². The molecule has 4 rings (SSSR count). The van der Waals surface area contributed by atoms with Crippen LogP contribution in [-0.2, 0) is 16.0 Å². The Balaban J connectivity index is 1.48. The molecule has 2 amide bonds. The fraction of sp³-hybridized carbons (Fsp3) is 0.440. The zero-order chi connectivity index (χ0) is 21.6. The lowest BCUT2D eigenvalue weighted by Gasteiger charge is -2.37. The number of nitrogens with zero attached hydrogens (tertiary/aromatic N) is 2. The third-order valence-electron chi connectivity index (χ3n) is 6.26. The van der Waals surface area contributed by atoms with Crippen molar-refractivity contribution in [1.82, 2.24) is 9.80 Å². The van der Waals surface area contributed by atoms with Crippen LogP contribution in [0.1, 0.15) is 42.2 Å². The molecule has 164 valence electrons. The van der Waals surface area contributed by atoms with Gasteiger partial charge in [-0.2, -0.15) is 0 Å². The first-order valence-corrected chi connectivity index (χ1v) is 12.0. The van der Waals surface area contributed by atoms with E-state index in [1.807, 2.05) is 35.2 Å². The fourth-order valence-corrected chi connectivity index (χ4v) is 5.57. The molecule has 6 heteroatoms. The molecule has 0 N–H and O–H groups in total. The molecule has 0 bridgehead atoms. The number of benzene rings is 1. The van der Waals surface area contributed by atoms with Crippen LogP contribution in [0, 0.1) is 5.92 Å². The highest BCUT2D eigenvalue weighted by molar-refractivity contribution is 7.10. The number of hydrogen-bond donors (Lipinski definition) is 0. The predicted octanol–water partition coefficient (Wildman–Crippen LogP) is 4.46. The standard InChI is InChI=1S/C25H30N2O3S/c1-2-14-26(25(29)19-8-6-7-9-19)17-24(28)27-15-12-23-21(13-16-31-23)22(27)18-30-20-10-4-3-5-11-20/h2-5,10-11,13,16,19,22H,1,6-9,12,14-15,17-18H2/t22-/m0/s1. The van der Waals surface area contributed by atoms with E-state index in [0.29, 0.717) is 19.7 Å². The van der Waals surface area contributed by atoms with Gasteiger partial charge >= 0.3 is 0 Å². The van der Waals surface area contributed by atoms with Gasteiger partial charge in [-0.25, -0.2) is 0 Å². The van der Waals surface area contributed by atoms with E-state index in [0.717, 1.165) is 43.4 Å². The van der Waals surface area contributed by atoms with Crippen molar-refractivity contribution in [1.29, 1.82) is 0 Å². The summed E-state index contributed by atoms with van der Waals surface area (Å²) in [5.74, 6) is 0.916. The minimum absolute atomic E-state index is 0.0216. The number of fused-ring (bicyclic) bond motifs is 1. The summed E-state index contributed by atoms with van der Waals surface area (Å²) >= 11 is 1.74. The molecular formula is C25H30N2O3S. The van der Waals surface area contributed by atoms with Gasteiger partial charge < -0.3 is 14.5 Å². The highest BCUT2D eigenvalue weighted by atomic mass is 32.1. The Morgan fingerprint density at radius 3 is 2.71 bits per heavy atom. The van der Waals surface area contributed by atoms with E-state index in [-0.39, 0.29) is 30.3 Å². The Morgan fingerprint density at radius 1 is 1.19 bits per heavy atom. The van der Waals surface area contributed by atoms with Gasteiger partial charge in [-0.05, 0) is 48.4 Å². The number of hydrogen-bond acceptors (Lipinski definition) is 4. The summed E-state index contributed by atoms with van der Waals surface area (Å²) in [5, 5.41) is 2.09. The summed E-state index contributed by atoms with van der Waals surface area (Å²) in [6.07, 6.45) is 6.60. The Hall–Kier alpha value is -2.60. The molecule has 1 aromatic carbocycles. The third kappa shape index (κ3) is 5.01. The Morgan fingerprint density at radius 2 is 1.97 bits per heavy atom. The zero-order valence-corrected chi connectivity index (χ0v) is 18.7. The van der Waals surface area contributed by atoms with Crippen LogP contribution in [-0.4, -0.2) is 47.9 Å². The topological polar surface area (TPSA) is 49.9 Å². The van der Waals surface area contributed by atoms with E-state index < -0.39 is 0 Å². The second-order valence-electron chi connectivity index (χ2n) is 8.26. The molecule has 1 aliphatic carbocycles. The van der Waals surface area contributed by atoms with Crippen molar-refractivity contribution in [3.8, 4) is 5.75 Å². The van der Waals surface area contributed by atoms with Crippen molar-refractivity contribution in [2.24, 2.45) is 5.92 Å². The van der Waals surface area contributed by atoms with Crippen LogP contribution < -0.4 is 4.74 Å². The molecule has 2 aromatic rings. The molecule has 31 heavy (non-hydrogen) atoms. The summed E-state index contributed by atoms with van der Waals surface area (Å²) in [6.45, 7) is 5.35. The van der Waals surface area contributed by atoms with E-state index >= 15 is 0 Å². The third-order valence-corrected chi connectivity index (χ3v) is 7.25. The lowest BCUT2D eigenvalue weighted by atomic mass is 10.00. The summed E-state index contributed by atoms with van der Waals surface area (Å²) in [7, 11) is 0. The molecule has 2 heterocycles. The van der Waals surface area contributed by atoms with Crippen LogP contribution in [0.5, 0.6) is 5.75 Å². The van der Waals surface area contributed by atoms with Crippen LogP contribution in [0.2, 0.25) is 0 Å². The highest BCUT2D eigenvalue weighted by Crippen LogP contribution is 2.34. The summed E-state index contributed by atoms with van der Waals surface area (Å²) in [5.41, 5.74) is 1.16. The van der Waals surface area contributed by atoms with Crippen LogP contribution in [0.3, 0.4) is 0 Å². The Bertz CT molecular complexity index is 905. The summed E-state index contributed by atoms with van der Waals surface area (Å²) in [6, 6.07) is 11.6. The average molecular weight is 439 g/mol. The van der Waals surface area contributed by atoms with Gasteiger partial charge in [-0.3, -0.25) is 9.59 Å². The second-order valence-corrected chi connectivity index (χ2v) is 9.27. The van der Waals surface area contributed by atoms with Crippen molar-refractivity contribution in [2.45, 2.75) is 38.1 Å². The molecule has 2 aliphatic rings. The number of carbonyl (C=O) groups is 2. The van der Waals surface area contributed by atoms with Crippen molar-refractivity contribution in [2.75, 3.05) is 26.2 Å². The smallest absolute Gasteiger partial charge is 0.242 e. The molecule has 0 unspecified atom stereocenters. The van der Waals surface area contributed by atoms with E-state index in [9.17, 15) is 9.59 Å². The van der Waals surface area contributed by atoms with Gasteiger partial charge in [0.05, 0.1) is 6.04 Å². The van der Waals surface area contributed by atoms with Gasteiger partial charge in [0, 0.05) is 23.9 Å². The first-order valence-electron chi connectivity index (χ1n) is 11.1. The first-order chi connectivity index (χ1) is 15.2. The number of carbonyl (C=O) groups excluding carboxylic acids is 2. The molecule has 1 atom stereocenters. The maximum atomic E-state index is 13.4. The van der Waals surface area contributed by atoms with E-state index in [1.54, 1.807) is 22.3 Å². The lowest BCUT2D eigenvalue weighted by molar-refractivity contribution is -0.144. The average Bonchev–Trinajstić information content (AvgIpc) is 3.49. The minimum atomic E-state index is -0.144. The van der Waals surface area contributed by atoms with Crippen molar-refractivity contribution in [3.63, 3.8) is 0 Å². The van der Waals surface area contributed by atoms with Crippen LogP contribution in [0.25, 0.3) is 0 Å². The molecule has 5 nitrogen and oxygen atoms in total. The fourth-order valence-electron chi connectivity index (χ4n) is 4.64. The van der Waals surface area contributed by atoms with Crippen molar-refractivity contribution in [3.05, 3.63) is 64.9 Å². The number of amides is 2. The maximum Gasteiger partial charge on any atom is 0.242 e. The normalized spacial score (nSPS) is 18.5. The molecule has 1 saturated carbocycles. The van der Waals surface area contributed by atoms with Gasteiger partial charge in [0.25, 0.3) is 0 Å². The van der Waals surface area contributed by atoms with Gasteiger partial charge in [-0.15, -0.1) is 17.9 Å². The molecule has 0 radical (unpaired) electrons. The van der Waals surface area contributed by atoms with E-state index in [2.05, 4.69) is 18.0 Å². The van der Waals surface area contributed by atoms with Crippen LogP contribution in [0.4, 0.5) is 0 Å². The molecular weight excluding hydrogens is 408 g/mol. The van der Waals surface area contributed by atoms with Crippen LogP contribution in [0.15, 0.2) is 54.4 Å². The Labute approximate surface area is 188 Å². The minimum Gasteiger partial charge on any atom is -0.491 e. The summed E-state index contributed by atoms with van der Waals surface area (Å²) < 4.78 is 6.05. The lowest BCUT2D eigenvalue weighted by Crippen LogP contribution is -2.48. The Kier molecular flexibility index (Phi) is 7.07. The number of thiophene rings is 1. The molecule has 1 aliphatic heterocycles. The number of para-hydroxylation sites is 1. The van der Waals surface area contributed by atoms with E-state index in [4.69, 9.17) is 4.74 Å². The number of ether oxygens (including phenoxy) is 1. The van der Waals surface area contributed by atoms with Crippen LogP contribution >= 0.6 is 11.3 Å². The molecule has 0 spiro atoms. The SMILES string of the molecule is C=CCN(CC(=O)N1CCc2sccc2[C@@H]1COc1ccccc1)C(=O)C1CCCC1. The number of rotatable bonds is 8. The molecule has 1 fully saturated rings. The van der Waals surface area contributed by atoms with Gasteiger partial charge in [0.1, 0.15) is 18.9 Å². The zero-order valence-electron chi connectivity index (χ0n) is 17.9. The summed E-state index contributed by atoms with van der Waals surface area (Å²) in [4.78, 5) is 31.3. The molecule has 1 aromatic heterocycles. The quantitative estimate of drug-likeness (QED) is 0.572. The van der Waals surface area contributed by atoms with Gasteiger partial charge in [0.15, 0.2) is 0 Å². The molecule has 0 saturated heterocycles. The van der Waals surface area contributed by atoms with Gasteiger partial charge in [0.2, 0.25) is 11.8 Å². The highest BCUT2D eigenvalue weighted by Gasteiger charge is 2.34. The second kappa shape index (κ2) is 10.1. The van der Waals surface area contributed by atoms with Gasteiger partial charge in [-0.1, -0.05) is 37.1 Å². The maximum absolute atomic E-state index is 13.4.